The molecule has 0 spiro atoms. The first kappa shape index (κ1) is 15.6. The number of rotatable bonds is 7. The first-order chi connectivity index (χ1) is 10.1. The molecule has 1 aromatic carbocycles. The summed E-state index contributed by atoms with van der Waals surface area (Å²) in [5, 5.41) is 6.14. The molecule has 0 saturated heterocycles. The molecule has 1 heterocycles. The summed E-state index contributed by atoms with van der Waals surface area (Å²) in [5.41, 5.74) is 1.22. The lowest BCUT2D eigenvalue weighted by atomic mass is 10.0. The fraction of sp³-hybridized carbons (Fsp3) is 0.562. The van der Waals surface area contributed by atoms with Crippen molar-refractivity contribution in [2.24, 2.45) is 0 Å². The Hall–Kier alpha value is -1.75. The highest BCUT2D eigenvalue weighted by atomic mass is 16.7. The quantitative estimate of drug-likeness (QED) is 0.805. The fourth-order valence-electron chi connectivity index (χ4n) is 2.39. The summed E-state index contributed by atoms with van der Waals surface area (Å²) in [6.07, 6.45) is 1.90. The molecule has 5 heteroatoms. The first-order valence-corrected chi connectivity index (χ1v) is 7.52. The minimum atomic E-state index is -0.170. The van der Waals surface area contributed by atoms with Crippen LogP contribution in [0.1, 0.15) is 32.8 Å². The maximum Gasteiger partial charge on any atom is 0.236 e. The Morgan fingerprint density at radius 1 is 1.29 bits per heavy atom. The van der Waals surface area contributed by atoms with Gasteiger partial charge < -0.3 is 20.1 Å². The number of fused-ring (bicyclic) bond motifs is 1. The average Bonchev–Trinajstić information content (AvgIpc) is 2.92. The lowest BCUT2D eigenvalue weighted by Crippen LogP contribution is -2.45. The van der Waals surface area contributed by atoms with E-state index in [9.17, 15) is 4.79 Å². The average molecular weight is 292 g/mol. The predicted molar refractivity (Wildman–Crippen MR) is 81.6 cm³/mol. The summed E-state index contributed by atoms with van der Waals surface area (Å²) < 4.78 is 10.7. The number of hydrogen-bond donors (Lipinski definition) is 2. The van der Waals surface area contributed by atoms with Crippen LogP contribution in [0, 0.1) is 0 Å². The second-order valence-corrected chi connectivity index (χ2v) is 5.41. The second-order valence-electron chi connectivity index (χ2n) is 5.41. The predicted octanol–water partition coefficient (Wildman–Crippen LogP) is 1.85. The highest BCUT2D eigenvalue weighted by molar-refractivity contribution is 5.81. The molecule has 0 radical (unpaired) electrons. The van der Waals surface area contributed by atoms with E-state index in [0.29, 0.717) is 13.3 Å². The van der Waals surface area contributed by atoms with Gasteiger partial charge in [0.25, 0.3) is 0 Å². The minimum Gasteiger partial charge on any atom is -0.454 e. The zero-order valence-electron chi connectivity index (χ0n) is 12.9. The number of amides is 1. The van der Waals surface area contributed by atoms with Gasteiger partial charge in [-0.1, -0.05) is 6.07 Å². The molecule has 2 N–H and O–H groups in total. The van der Waals surface area contributed by atoms with Crippen LogP contribution in [0.25, 0.3) is 0 Å². The van der Waals surface area contributed by atoms with Crippen LogP contribution >= 0.6 is 0 Å². The van der Waals surface area contributed by atoms with Crippen LogP contribution in [0.2, 0.25) is 0 Å². The van der Waals surface area contributed by atoms with E-state index in [0.717, 1.165) is 24.3 Å². The van der Waals surface area contributed by atoms with Crippen LogP contribution in [0.15, 0.2) is 18.2 Å². The van der Waals surface area contributed by atoms with E-state index in [4.69, 9.17) is 9.47 Å². The van der Waals surface area contributed by atoms with Crippen molar-refractivity contribution in [2.75, 3.05) is 13.3 Å². The van der Waals surface area contributed by atoms with Crippen LogP contribution in [0.3, 0.4) is 0 Å². The highest BCUT2D eigenvalue weighted by Crippen LogP contribution is 2.32. The van der Waals surface area contributed by atoms with Crippen LogP contribution in [-0.2, 0) is 11.2 Å². The Morgan fingerprint density at radius 3 is 2.81 bits per heavy atom. The number of carbonyl (C=O) groups excluding carboxylic acids is 1. The summed E-state index contributed by atoms with van der Waals surface area (Å²) in [6, 6.07) is 6.15. The molecule has 5 nitrogen and oxygen atoms in total. The number of hydrogen-bond acceptors (Lipinski definition) is 4. The minimum absolute atomic E-state index is 0.0485. The van der Waals surface area contributed by atoms with Gasteiger partial charge in [-0.05, 0) is 51.3 Å². The van der Waals surface area contributed by atoms with Crippen molar-refractivity contribution in [3.63, 3.8) is 0 Å². The van der Waals surface area contributed by atoms with Gasteiger partial charge in [0.15, 0.2) is 11.5 Å². The van der Waals surface area contributed by atoms with Gasteiger partial charge in [-0.2, -0.15) is 0 Å². The first-order valence-electron chi connectivity index (χ1n) is 7.52. The number of aryl methyl sites for hydroxylation is 1. The molecular weight excluding hydrogens is 268 g/mol. The molecule has 0 aliphatic carbocycles. The van der Waals surface area contributed by atoms with Gasteiger partial charge in [0.2, 0.25) is 12.7 Å². The topological polar surface area (TPSA) is 59.6 Å². The maximum absolute atomic E-state index is 11.7. The third-order valence-electron chi connectivity index (χ3n) is 3.58. The number of likely N-dealkylation sites (N-methyl/N-ethyl adjacent to an activating group) is 1. The van der Waals surface area contributed by atoms with Crippen LogP contribution < -0.4 is 20.1 Å². The Balaban J connectivity index is 1.78. The Kier molecular flexibility index (Phi) is 5.44. The SMILES string of the molecule is CCNC(=O)C(C)NC(C)CCc1ccc2c(c1)OCO2. The standard InChI is InChI=1S/C16H24N2O3/c1-4-17-16(19)12(3)18-11(2)5-6-13-7-8-14-15(9-13)21-10-20-14/h7-9,11-12,18H,4-6,10H2,1-3H3,(H,17,19). The van der Waals surface area contributed by atoms with E-state index in [1.807, 2.05) is 26.0 Å². The molecule has 116 valence electrons. The summed E-state index contributed by atoms with van der Waals surface area (Å²) in [4.78, 5) is 11.7. The molecule has 1 aliphatic rings. The second kappa shape index (κ2) is 7.31. The Labute approximate surface area is 126 Å². The van der Waals surface area contributed by atoms with Crippen molar-refractivity contribution in [3.05, 3.63) is 23.8 Å². The van der Waals surface area contributed by atoms with Crippen LogP contribution in [0.5, 0.6) is 11.5 Å². The number of carbonyl (C=O) groups is 1. The Bertz CT molecular complexity index is 490. The zero-order chi connectivity index (χ0) is 15.2. The molecule has 2 unspecified atom stereocenters. The molecule has 2 atom stereocenters. The van der Waals surface area contributed by atoms with E-state index in [2.05, 4.69) is 23.6 Å². The van der Waals surface area contributed by atoms with Crippen molar-refractivity contribution >= 4 is 5.91 Å². The summed E-state index contributed by atoms with van der Waals surface area (Å²) in [7, 11) is 0. The molecule has 1 amide bonds. The van der Waals surface area contributed by atoms with E-state index < -0.39 is 0 Å². The van der Waals surface area contributed by atoms with Crippen molar-refractivity contribution in [2.45, 2.75) is 45.7 Å². The fourth-order valence-corrected chi connectivity index (χ4v) is 2.39. The van der Waals surface area contributed by atoms with Gasteiger partial charge in [-0.3, -0.25) is 4.79 Å². The normalized spacial score (nSPS) is 15.6. The molecule has 21 heavy (non-hydrogen) atoms. The van der Waals surface area contributed by atoms with E-state index in [-0.39, 0.29) is 18.0 Å². The molecular formula is C16H24N2O3. The summed E-state index contributed by atoms with van der Waals surface area (Å²) >= 11 is 0. The van der Waals surface area contributed by atoms with Gasteiger partial charge >= 0.3 is 0 Å². The molecule has 0 aromatic heterocycles. The van der Waals surface area contributed by atoms with Gasteiger partial charge in [0.05, 0.1) is 6.04 Å². The smallest absolute Gasteiger partial charge is 0.236 e. The maximum atomic E-state index is 11.7. The van der Waals surface area contributed by atoms with Crippen LogP contribution in [0.4, 0.5) is 0 Å². The van der Waals surface area contributed by atoms with Crippen molar-refractivity contribution in [1.82, 2.24) is 10.6 Å². The Morgan fingerprint density at radius 2 is 2.05 bits per heavy atom. The van der Waals surface area contributed by atoms with Gasteiger partial charge in [0.1, 0.15) is 0 Å². The molecule has 1 aromatic rings. The summed E-state index contributed by atoms with van der Waals surface area (Å²) in [5.74, 6) is 1.69. The van der Waals surface area contributed by atoms with Crippen molar-refractivity contribution in [1.29, 1.82) is 0 Å². The van der Waals surface area contributed by atoms with Gasteiger partial charge in [-0.25, -0.2) is 0 Å². The number of benzene rings is 1. The molecule has 0 fully saturated rings. The molecule has 0 bridgehead atoms. The molecule has 1 aliphatic heterocycles. The lowest BCUT2D eigenvalue weighted by molar-refractivity contribution is -0.122. The van der Waals surface area contributed by atoms with Crippen molar-refractivity contribution in [3.8, 4) is 11.5 Å². The van der Waals surface area contributed by atoms with E-state index >= 15 is 0 Å². The molecule has 0 saturated carbocycles. The van der Waals surface area contributed by atoms with Gasteiger partial charge in [0, 0.05) is 12.6 Å². The van der Waals surface area contributed by atoms with Gasteiger partial charge in [-0.15, -0.1) is 0 Å². The largest absolute Gasteiger partial charge is 0.454 e. The summed E-state index contributed by atoms with van der Waals surface area (Å²) in [6.45, 7) is 6.88. The lowest BCUT2D eigenvalue weighted by Gasteiger charge is -2.19. The third-order valence-corrected chi connectivity index (χ3v) is 3.58. The van der Waals surface area contributed by atoms with Crippen LogP contribution in [-0.4, -0.2) is 31.3 Å². The zero-order valence-corrected chi connectivity index (χ0v) is 12.9. The van der Waals surface area contributed by atoms with E-state index in [1.54, 1.807) is 0 Å². The highest BCUT2D eigenvalue weighted by Gasteiger charge is 2.16. The molecule has 2 rings (SSSR count). The number of nitrogens with one attached hydrogen (secondary N) is 2. The third kappa shape index (κ3) is 4.36. The monoisotopic (exact) mass is 292 g/mol. The van der Waals surface area contributed by atoms with E-state index in [1.165, 1.54) is 5.56 Å². The van der Waals surface area contributed by atoms with Crippen molar-refractivity contribution < 1.29 is 14.3 Å². The number of ether oxygens (including phenoxy) is 2.